The Hall–Kier alpha value is -2.62. The number of carbonyl (C=O) groups excluding carboxylic acids is 1. The monoisotopic (exact) mass is 321 g/mol. The SMILES string of the molecule is CC(=O)Nc1nc2ccccc2n1Cc1ccc(C(C)(C)C)cc1. The van der Waals surface area contributed by atoms with Crippen LogP contribution in [0.2, 0.25) is 0 Å². The zero-order valence-electron chi connectivity index (χ0n) is 14.6. The molecule has 0 saturated carbocycles. The van der Waals surface area contributed by atoms with E-state index in [0.29, 0.717) is 12.5 Å². The largest absolute Gasteiger partial charge is 0.305 e. The van der Waals surface area contributed by atoms with Crippen molar-refractivity contribution >= 4 is 22.9 Å². The van der Waals surface area contributed by atoms with Gasteiger partial charge in [0.15, 0.2) is 0 Å². The van der Waals surface area contributed by atoms with Gasteiger partial charge in [-0.2, -0.15) is 0 Å². The minimum absolute atomic E-state index is 0.116. The van der Waals surface area contributed by atoms with Crippen LogP contribution in [0.1, 0.15) is 38.8 Å². The van der Waals surface area contributed by atoms with Crippen molar-refractivity contribution in [2.75, 3.05) is 5.32 Å². The van der Waals surface area contributed by atoms with Crippen LogP contribution in [0.25, 0.3) is 11.0 Å². The maximum Gasteiger partial charge on any atom is 0.223 e. The van der Waals surface area contributed by atoms with Gasteiger partial charge in [0, 0.05) is 6.92 Å². The lowest BCUT2D eigenvalue weighted by Crippen LogP contribution is -2.13. The number of rotatable bonds is 3. The lowest BCUT2D eigenvalue weighted by Gasteiger charge is -2.19. The summed E-state index contributed by atoms with van der Waals surface area (Å²) in [6.45, 7) is 8.79. The number of hydrogen-bond donors (Lipinski definition) is 1. The second-order valence-electron chi connectivity index (χ2n) is 7.14. The fourth-order valence-electron chi connectivity index (χ4n) is 2.78. The Morgan fingerprint density at radius 2 is 1.75 bits per heavy atom. The van der Waals surface area contributed by atoms with Crippen molar-refractivity contribution in [1.29, 1.82) is 0 Å². The van der Waals surface area contributed by atoms with E-state index < -0.39 is 0 Å². The van der Waals surface area contributed by atoms with E-state index in [-0.39, 0.29) is 11.3 Å². The Morgan fingerprint density at radius 1 is 1.08 bits per heavy atom. The molecule has 0 radical (unpaired) electrons. The van der Waals surface area contributed by atoms with Crippen LogP contribution in [0.4, 0.5) is 5.95 Å². The normalized spacial score (nSPS) is 11.7. The van der Waals surface area contributed by atoms with E-state index in [9.17, 15) is 4.79 Å². The van der Waals surface area contributed by atoms with E-state index >= 15 is 0 Å². The van der Waals surface area contributed by atoms with E-state index in [0.717, 1.165) is 11.0 Å². The number of para-hydroxylation sites is 2. The van der Waals surface area contributed by atoms with Gasteiger partial charge in [0.1, 0.15) is 0 Å². The number of benzene rings is 2. The molecule has 0 aliphatic carbocycles. The van der Waals surface area contributed by atoms with Gasteiger partial charge in [-0.05, 0) is 28.7 Å². The number of imidazole rings is 1. The molecule has 0 saturated heterocycles. The Kier molecular flexibility index (Phi) is 4.14. The predicted molar refractivity (Wildman–Crippen MR) is 98.3 cm³/mol. The molecule has 24 heavy (non-hydrogen) atoms. The molecule has 1 heterocycles. The number of amides is 1. The molecule has 0 unspecified atom stereocenters. The molecular formula is C20H23N3O. The van der Waals surface area contributed by atoms with E-state index in [1.54, 1.807) is 0 Å². The van der Waals surface area contributed by atoms with Crippen LogP contribution < -0.4 is 5.32 Å². The van der Waals surface area contributed by atoms with Crippen molar-refractivity contribution in [2.24, 2.45) is 0 Å². The molecule has 0 spiro atoms. The van der Waals surface area contributed by atoms with E-state index in [1.807, 2.05) is 28.8 Å². The number of aromatic nitrogens is 2. The summed E-state index contributed by atoms with van der Waals surface area (Å²) < 4.78 is 2.04. The van der Waals surface area contributed by atoms with Gasteiger partial charge in [-0.1, -0.05) is 57.2 Å². The van der Waals surface area contributed by atoms with Crippen molar-refractivity contribution in [3.63, 3.8) is 0 Å². The van der Waals surface area contributed by atoms with Crippen LogP contribution in [-0.2, 0) is 16.8 Å². The third-order valence-electron chi connectivity index (χ3n) is 4.10. The van der Waals surface area contributed by atoms with E-state index in [1.165, 1.54) is 18.1 Å². The minimum Gasteiger partial charge on any atom is -0.305 e. The molecule has 1 N–H and O–H groups in total. The van der Waals surface area contributed by atoms with Crippen molar-refractivity contribution in [1.82, 2.24) is 9.55 Å². The highest BCUT2D eigenvalue weighted by Gasteiger charge is 2.14. The Bertz CT molecular complexity index is 870. The number of hydrogen-bond acceptors (Lipinski definition) is 2. The molecule has 0 bridgehead atoms. The van der Waals surface area contributed by atoms with Crippen LogP contribution in [0.3, 0.4) is 0 Å². The highest BCUT2D eigenvalue weighted by molar-refractivity contribution is 5.89. The van der Waals surface area contributed by atoms with Crippen LogP contribution in [0.5, 0.6) is 0 Å². The first-order chi connectivity index (χ1) is 11.3. The predicted octanol–water partition coefficient (Wildman–Crippen LogP) is 4.34. The quantitative estimate of drug-likeness (QED) is 0.780. The molecule has 1 aromatic heterocycles. The molecule has 4 nitrogen and oxygen atoms in total. The highest BCUT2D eigenvalue weighted by Crippen LogP contribution is 2.24. The number of fused-ring (bicyclic) bond motifs is 1. The molecule has 0 aliphatic heterocycles. The summed E-state index contributed by atoms with van der Waals surface area (Å²) in [6, 6.07) is 16.6. The molecule has 0 fully saturated rings. The first-order valence-electron chi connectivity index (χ1n) is 8.17. The van der Waals surface area contributed by atoms with Crippen LogP contribution >= 0.6 is 0 Å². The first kappa shape index (κ1) is 16.2. The number of nitrogens with zero attached hydrogens (tertiary/aromatic N) is 2. The lowest BCUT2D eigenvalue weighted by atomic mass is 9.87. The molecule has 3 rings (SSSR count). The van der Waals surface area contributed by atoms with Gasteiger partial charge < -0.3 is 4.57 Å². The molecule has 0 atom stereocenters. The maximum atomic E-state index is 11.5. The second kappa shape index (κ2) is 6.11. The topological polar surface area (TPSA) is 46.9 Å². The lowest BCUT2D eigenvalue weighted by molar-refractivity contribution is -0.114. The molecule has 124 valence electrons. The average Bonchev–Trinajstić information content (AvgIpc) is 2.84. The summed E-state index contributed by atoms with van der Waals surface area (Å²) >= 11 is 0. The van der Waals surface area contributed by atoms with Crippen molar-refractivity contribution in [2.45, 2.75) is 39.7 Å². The average molecular weight is 321 g/mol. The number of anilines is 1. The van der Waals surface area contributed by atoms with Crippen LogP contribution in [0, 0.1) is 0 Å². The maximum absolute atomic E-state index is 11.5. The van der Waals surface area contributed by atoms with Gasteiger partial charge in [-0.25, -0.2) is 4.98 Å². The number of carbonyl (C=O) groups is 1. The van der Waals surface area contributed by atoms with Crippen molar-refractivity contribution < 1.29 is 4.79 Å². The molecule has 1 amide bonds. The fourth-order valence-corrected chi connectivity index (χ4v) is 2.78. The summed E-state index contributed by atoms with van der Waals surface area (Å²) in [5.74, 6) is 0.471. The molecule has 0 aliphatic rings. The third kappa shape index (κ3) is 3.32. The Balaban J connectivity index is 1.98. The molecule has 2 aromatic carbocycles. The van der Waals surface area contributed by atoms with Gasteiger partial charge in [0.25, 0.3) is 0 Å². The molecular weight excluding hydrogens is 298 g/mol. The van der Waals surface area contributed by atoms with Crippen molar-refractivity contribution in [3.05, 3.63) is 59.7 Å². The second-order valence-corrected chi connectivity index (χ2v) is 7.14. The zero-order valence-corrected chi connectivity index (χ0v) is 14.6. The highest BCUT2D eigenvalue weighted by atomic mass is 16.1. The van der Waals surface area contributed by atoms with Gasteiger partial charge in [0.05, 0.1) is 17.6 Å². The summed E-state index contributed by atoms with van der Waals surface area (Å²) in [7, 11) is 0. The van der Waals surface area contributed by atoms with Crippen molar-refractivity contribution in [3.8, 4) is 0 Å². The number of nitrogens with one attached hydrogen (secondary N) is 1. The summed E-state index contributed by atoms with van der Waals surface area (Å²) in [6.07, 6.45) is 0. The molecule has 4 heteroatoms. The van der Waals surface area contributed by atoms with E-state index in [2.05, 4.69) is 55.3 Å². The van der Waals surface area contributed by atoms with E-state index in [4.69, 9.17) is 0 Å². The standard InChI is InChI=1S/C20H23N3O/c1-14(24)21-19-22-17-7-5-6-8-18(17)23(19)13-15-9-11-16(12-10-15)20(2,3)4/h5-12H,13H2,1-4H3,(H,21,22,24). The van der Waals surface area contributed by atoms with Crippen LogP contribution in [0.15, 0.2) is 48.5 Å². The summed E-state index contributed by atoms with van der Waals surface area (Å²) in [5, 5.41) is 2.83. The molecule has 3 aromatic rings. The van der Waals surface area contributed by atoms with Gasteiger partial charge in [-0.15, -0.1) is 0 Å². The van der Waals surface area contributed by atoms with Gasteiger partial charge in [0.2, 0.25) is 11.9 Å². The van der Waals surface area contributed by atoms with Gasteiger partial charge in [-0.3, -0.25) is 10.1 Å². The third-order valence-corrected chi connectivity index (χ3v) is 4.10. The summed E-state index contributed by atoms with van der Waals surface area (Å²) in [5.41, 5.74) is 4.52. The first-order valence-corrected chi connectivity index (χ1v) is 8.17. The zero-order chi connectivity index (χ0) is 17.3. The van der Waals surface area contributed by atoms with Gasteiger partial charge >= 0.3 is 0 Å². The smallest absolute Gasteiger partial charge is 0.223 e. The van der Waals surface area contributed by atoms with Crippen LogP contribution in [-0.4, -0.2) is 15.5 Å². The minimum atomic E-state index is -0.116. The Labute approximate surface area is 142 Å². The Morgan fingerprint density at radius 3 is 2.38 bits per heavy atom. The summed E-state index contributed by atoms with van der Waals surface area (Å²) in [4.78, 5) is 16.0. The fraction of sp³-hybridized carbons (Fsp3) is 0.300.